The summed E-state index contributed by atoms with van der Waals surface area (Å²) in [5.74, 6) is 4.33. The van der Waals surface area contributed by atoms with Crippen LogP contribution in [0.15, 0.2) is 0 Å². The van der Waals surface area contributed by atoms with Crippen molar-refractivity contribution in [1.29, 1.82) is 0 Å². The van der Waals surface area contributed by atoms with E-state index in [1.165, 1.54) is 50.0 Å². The minimum atomic E-state index is 0.468. The van der Waals surface area contributed by atoms with Gasteiger partial charge in [0, 0.05) is 5.38 Å². The fourth-order valence-corrected chi connectivity index (χ4v) is 3.79. The second-order valence-corrected chi connectivity index (χ2v) is 6.68. The summed E-state index contributed by atoms with van der Waals surface area (Å²) in [7, 11) is 0. The van der Waals surface area contributed by atoms with Crippen LogP contribution in [0.2, 0.25) is 0 Å². The number of alkyl halides is 1. The van der Waals surface area contributed by atoms with Gasteiger partial charge in [-0.05, 0) is 49.0 Å². The molecular formula is C13H25ClS. The van der Waals surface area contributed by atoms with Gasteiger partial charge in [-0.1, -0.05) is 26.7 Å². The van der Waals surface area contributed by atoms with Gasteiger partial charge in [-0.25, -0.2) is 0 Å². The van der Waals surface area contributed by atoms with Crippen molar-refractivity contribution in [1.82, 2.24) is 0 Å². The van der Waals surface area contributed by atoms with E-state index in [0.717, 1.165) is 11.8 Å². The van der Waals surface area contributed by atoms with Gasteiger partial charge in [-0.3, -0.25) is 0 Å². The lowest BCUT2D eigenvalue weighted by atomic mass is 9.78. The Bertz CT molecular complexity index is 161. The molecule has 2 heteroatoms. The summed E-state index contributed by atoms with van der Waals surface area (Å²) in [6.45, 7) is 4.54. The first kappa shape index (κ1) is 13.7. The zero-order valence-electron chi connectivity index (χ0n) is 10.2. The molecule has 0 saturated heterocycles. The normalized spacial score (nSPS) is 31.8. The number of rotatable bonds is 6. The molecule has 0 aromatic rings. The summed E-state index contributed by atoms with van der Waals surface area (Å²) in [4.78, 5) is 0. The largest absolute Gasteiger partial charge is 0.162 e. The van der Waals surface area contributed by atoms with Gasteiger partial charge in [-0.2, -0.15) is 11.8 Å². The smallest absolute Gasteiger partial charge is 0.0364 e. The zero-order chi connectivity index (χ0) is 11.1. The predicted molar refractivity (Wildman–Crippen MR) is 73.0 cm³/mol. The number of hydrogen-bond acceptors (Lipinski definition) is 1. The Morgan fingerprint density at radius 3 is 2.67 bits per heavy atom. The highest BCUT2D eigenvalue weighted by Gasteiger charge is 2.28. The van der Waals surface area contributed by atoms with Crippen molar-refractivity contribution < 1.29 is 0 Å². The average Bonchev–Trinajstić information content (AvgIpc) is 2.23. The molecule has 0 aliphatic heterocycles. The van der Waals surface area contributed by atoms with Gasteiger partial charge < -0.3 is 0 Å². The highest BCUT2D eigenvalue weighted by Crippen LogP contribution is 2.37. The van der Waals surface area contributed by atoms with Gasteiger partial charge in [0.25, 0.3) is 0 Å². The second-order valence-electron chi connectivity index (χ2n) is 4.73. The van der Waals surface area contributed by atoms with E-state index in [2.05, 4.69) is 25.6 Å². The van der Waals surface area contributed by atoms with Crippen molar-refractivity contribution in [3.8, 4) is 0 Å². The monoisotopic (exact) mass is 248 g/mol. The van der Waals surface area contributed by atoms with Crippen molar-refractivity contribution in [2.45, 2.75) is 57.7 Å². The highest BCUT2D eigenvalue weighted by atomic mass is 35.5. The minimum absolute atomic E-state index is 0.468. The molecule has 0 spiro atoms. The maximum absolute atomic E-state index is 6.42. The van der Waals surface area contributed by atoms with Crippen LogP contribution in [0.25, 0.3) is 0 Å². The average molecular weight is 249 g/mol. The van der Waals surface area contributed by atoms with Gasteiger partial charge in [-0.15, -0.1) is 11.6 Å². The molecule has 0 N–H and O–H groups in total. The lowest BCUT2D eigenvalue weighted by Gasteiger charge is -2.33. The quantitative estimate of drug-likeness (QED) is 0.473. The van der Waals surface area contributed by atoms with E-state index in [0.29, 0.717) is 5.38 Å². The molecule has 1 fully saturated rings. The topological polar surface area (TPSA) is 0 Å². The van der Waals surface area contributed by atoms with Crippen molar-refractivity contribution in [2.75, 3.05) is 11.5 Å². The first-order valence-electron chi connectivity index (χ1n) is 6.49. The maximum atomic E-state index is 6.42. The van der Waals surface area contributed by atoms with E-state index in [-0.39, 0.29) is 0 Å². The van der Waals surface area contributed by atoms with E-state index < -0.39 is 0 Å². The molecule has 1 aliphatic rings. The van der Waals surface area contributed by atoms with Gasteiger partial charge in [0.1, 0.15) is 0 Å². The summed E-state index contributed by atoms with van der Waals surface area (Å²) >= 11 is 8.48. The highest BCUT2D eigenvalue weighted by molar-refractivity contribution is 7.99. The SMILES string of the molecule is CCCC1CCC(Cl)C(CCSCC)C1. The third-order valence-electron chi connectivity index (χ3n) is 3.53. The molecule has 3 unspecified atom stereocenters. The van der Waals surface area contributed by atoms with Crippen LogP contribution < -0.4 is 0 Å². The lowest BCUT2D eigenvalue weighted by Crippen LogP contribution is -2.26. The lowest BCUT2D eigenvalue weighted by molar-refractivity contribution is 0.254. The summed E-state index contributed by atoms with van der Waals surface area (Å²) in [6.07, 6.45) is 8.13. The van der Waals surface area contributed by atoms with Crippen molar-refractivity contribution in [3.63, 3.8) is 0 Å². The Balaban J connectivity index is 2.26. The molecule has 1 aliphatic carbocycles. The summed E-state index contributed by atoms with van der Waals surface area (Å²) in [5.41, 5.74) is 0. The summed E-state index contributed by atoms with van der Waals surface area (Å²) in [5, 5.41) is 0.468. The second kappa shape index (κ2) is 7.84. The Morgan fingerprint density at radius 1 is 1.20 bits per heavy atom. The zero-order valence-corrected chi connectivity index (χ0v) is 11.7. The van der Waals surface area contributed by atoms with E-state index in [4.69, 9.17) is 11.6 Å². The van der Waals surface area contributed by atoms with E-state index in [1.807, 2.05) is 0 Å². The van der Waals surface area contributed by atoms with Gasteiger partial charge in [0.2, 0.25) is 0 Å². The minimum Gasteiger partial charge on any atom is -0.162 e. The molecule has 0 aromatic carbocycles. The van der Waals surface area contributed by atoms with E-state index >= 15 is 0 Å². The van der Waals surface area contributed by atoms with E-state index in [9.17, 15) is 0 Å². The molecule has 3 atom stereocenters. The van der Waals surface area contributed by atoms with E-state index in [1.54, 1.807) is 0 Å². The molecule has 0 radical (unpaired) electrons. The molecule has 0 nitrogen and oxygen atoms in total. The van der Waals surface area contributed by atoms with Crippen molar-refractivity contribution in [3.05, 3.63) is 0 Å². The fraction of sp³-hybridized carbons (Fsp3) is 1.00. The van der Waals surface area contributed by atoms with Crippen LogP contribution in [0.5, 0.6) is 0 Å². The van der Waals surface area contributed by atoms with Crippen LogP contribution >= 0.6 is 23.4 Å². The molecule has 0 amide bonds. The van der Waals surface area contributed by atoms with Gasteiger partial charge in [0.05, 0.1) is 0 Å². The maximum Gasteiger partial charge on any atom is 0.0364 e. The fourth-order valence-electron chi connectivity index (χ4n) is 2.67. The van der Waals surface area contributed by atoms with Crippen LogP contribution in [0, 0.1) is 11.8 Å². The van der Waals surface area contributed by atoms with Gasteiger partial charge in [0.15, 0.2) is 0 Å². The molecule has 90 valence electrons. The number of halogens is 1. The Hall–Kier alpha value is 0.640. The molecule has 0 bridgehead atoms. The third kappa shape index (κ3) is 4.99. The standard InChI is InChI=1S/C13H25ClS/c1-3-5-11-6-7-13(14)12(10-11)8-9-15-4-2/h11-13H,3-10H2,1-2H3. The Morgan fingerprint density at radius 2 is 2.00 bits per heavy atom. The first-order chi connectivity index (χ1) is 7.27. The van der Waals surface area contributed by atoms with Crippen molar-refractivity contribution >= 4 is 23.4 Å². The molecule has 15 heavy (non-hydrogen) atoms. The molecule has 0 heterocycles. The molecule has 0 aromatic heterocycles. The molecule has 1 rings (SSSR count). The Labute approximate surface area is 105 Å². The van der Waals surface area contributed by atoms with Crippen LogP contribution in [-0.4, -0.2) is 16.9 Å². The van der Waals surface area contributed by atoms with Gasteiger partial charge >= 0.3 is 0 Å². The number of thioether (sulfide) groups is 1. The first-order valence-corrected chi connectivity index (χ1v) is 8.08. The Kier molecular flexibility index (Phi) is 7.16. The number of hydrogen-bond donors (Lipinski definition) is 0. The van der Waals surface area contributed by atoms with Crippen molar-refractivity contribution in [2.24, 2.45) is 11.8 Å². The summed E-state index contributed by atoms with van der Waals surface area (Å²) in [6, 6.07) is 0. The summed E-state index contributed by atoms with van der Waals surface area (Å²) < 4.78 is 0. The van der Waals surface area contributed by atoms with Crippen LogP contribution in [0.1, 0.15) is 52.4 Å². The molecular weight excluding hydrogens is 224 g/mol. The van der Waals surface area contributed by atoms with Crippen LogP contribution in [0.3, 0.4) is 0 Å². The third-order valence-corrected chi connectivity index (χ3v) is 5.04. The predicted octanol–water partition coefficient (Wildman–Crippen LogP) is 4.95. The van der Waals surface area contributed by atoms with Crippen LogP contribution in [0.4, 0.5) is 0 Å². The molecule has 1 saturated carbocycles. The van der Waals surface area contributed by atoms with Crippen LogP contribution in [-0.2, 0) is 0 Å².